The van der Waals surface area contributed by atoms with E-state index in [1.807, 2.05) is 30.3 Å². The molecule has 1 saturated carbocycles. The van der Waals surface area contributed by atoms with Crippen LogP contribution in [-0.2, 0) is 0 Å². The molecule has 6 heteroatoms. The van der Waals surface area contributed by atoms with Crippen LogP contribution in [0.1, 0.15) is 43.4 Å². The number of phenols is 1. The van der Waals surface area contributed by atoms with Crippen LogP contribution < -0.4 is 14.2 Å². The average molecular weight is 502 g/mol. The molecule has 1 fully saturated rings. The molecular formula is C31H35NO5. The van der Waals surface area contributed by atoms with Crippen LogP contribution in [0.15, 0.2) is 66.7 Å². The molecule has 0 saturated heterocycles. The van der Waals surface area contributed by atoms with Gasteiger partial charge in [-0.15, -0.1) is 0 Å². The van der Waals surface area contributed by atoms with Gasteiger partial charge in [-0.3, -0.25) is 0 Å². The molecule has 0 bridgehead atoms. The average Bonchev–Trinajstić information content (AvgIpc) is 3.65. The number of fused-ring (bicyclic) bond motifs is 1. The van der Waals surface area contributed by atoms with Gasteiger partial charge in [0.1, 0.15) is 24.2 Å². The van der Waals surface area contributed by atoms with E-state index < -0.39 is 6.10 Å². The van der Waals surface area contributed by atoms with E-state index in [2.05, 4.69) is 43.0 Å². The Morgan fingerprint density at radius 3 is 2.16 bits per heavy atom. The van der Waals surface area contributed by atoms with E-state index >= 15 is 0 Å². The van der Waals surface area contributed by atoms with E-state index in [1.165, 1.54) is 5.57 Å². The fourth-order valence-corrected chi connectivity index (χ4v) is 4.87. The third-order valence-corrected chi connectivity index (χ3v) is 7.04. The molecule has 1 unspecified atom stereocenters. The number of nitrogens with zero attached hydrogens (tertiary/aromatic N) is 1. The van der Waals surface area contributed by atoms with Crippen molar-refractivity contribution in [2.24, 2.45) is 5.92 Å². The van der Waals surface area contributed by atoms with Crippen molar-refractivity contribution in [3.63, 3.8) is 0 Å². The number of likely N-dealkylation sites (N-methyl/N-ethyl adjacent to an activating group) is 1. The van der Waals surface area contributed by atoms with E-state index in [1.54, 1.807) is 12.1 Å². The number of benzene rings is 3. The summed E-state index contributed by atoms with van der Waals surface area (Å²) in [6.07, 6.45) is 1.73. The molecule has 37 heavy (non-hydrogen) atoms. The predicted octanol–water partition coefficient (Wildman–Crippen LogP) is 5.57. The van der Waals surface area contributed by atoms with Gasteiger partial charge >= 0.3 is 0 Å². The zero-order valence-corrected chi connectivity index (χ0v) is 21.5. The number of ether oxygens (including phenoxy) is 3. The van der Waals surface area contributed by atoms with E-state index in [4.69, 9.17) is 14.2 Å². The monoisotopic (exact) mass is 501 g/mol. The lowest BCUT2D eigenvalue weighted by Crippen LogP contribution is -2.35. The highest BCUT2D eigenvalue weighted by Gasteiger charge is 2.31. The van der Waals surface area contributed by atoms with Gasteiger partial charge in [-0.1, -0.05) is 44.2 Å². The second-order valence-corrected chi connectivity index (χ2v) is 9.65. The van der Waals surface area contributed by atoms with Gasteiger partial charge in [-0.2, -0.15) is 0 Å². The Labute approximate surface area is 218 Å². The lowest BCUT2D eigenvalue weighted by Gasteiger charge is -2.22. The van der Waals surface area contributed by atoms with Crippen LogP contribution >= 0.6 is 0 Å². The molecule has 1 aliphatic carbocycles. The summed E-state index contributed by atoms with van der Waals surface area (Å²) < 4.78 is 17.1. The maximum atomic E-state index is 10.4. The van der Waals surface area contributed by atoms with Crippen molar-refractivity contribution in [1.82, 2.24) is 4.90 Å². The number of hydrogen-bond donors (Lipinski definition) is 2. The Balaban J connectivity index is 1.46. The Morgan fingerprint density at radius 2 is 1.51 bits per heavy atom. The van der Waals surface area contributed by atoms with Crippen LogP contribution in [0.5, 0.6) is 23.0 Å². The number of aromatic hydroxyl groups is 1. The Kier molecular flexibility index (Phi) is 7.68. The minimum Gasteiger partial charge on any atom is -0.508 e. The van der Waals surface area contributed by atoms with Crippen molar-refractivity contribution in [2.75, 3.05) is 33.0 Å². The molecule has 3 aromatic carbocycles. The number of phenolic OH excluding ortho intramolecular Hbond substituents is 1. The van der Waals surface area contributed by atoms with Gasteiger partial charge < -0.3 is 29.3 Å². The molecule has 194 valence electrons. The van der Waals surface area contributed by atoms with Crippen LogP contribution in [0.4, 0.5) is 0 Å². The first-order valence-electron chi connectivity index (χ1n) is 13.1. The lowest BCUT2D eigenvalue weighted by atomic mass is 9.87. The number of rotatable bonds is 11. The smallest absolute Gasteiger partial charge is 0.231 e. The molecular weight excluding hydrogens is 466 g/mol. The molecule has 0 radical (unpaired) electrons. The van der Waals surface area contributed by atoms with Crippen molar-refractivity contribution in [3.8, 4) is 23.0 Å². The second kappa shape index (κ2) is 11.3. The maximum Gasteiger partial charge on any atom is 0.231 e. The standard InChI is InChI=1S/C31H35NO5/c1-3-32(4-2)18-26(34)19-35-27-14-9-23(10-15-27)30(22-7-12-25(33)13-8-22)31(21-5-6-21)24-11-16-28-29(17-24)37-20-36-28/h7-17,21,26,33-34H,3-6,18-20H2,1-2H3/b31-30+. The van der Waals surface area contributed by atoms with Crippen LogP contribution in [0, 0.1) is 5.92 Å². The molecule has 1 atom stereocenters. The summed E-state index contributed by atoms with van der Waals surface area (Å²) >= 11 is 0. The van der Waals surface area contributed by atoms with Crippen molar-refractivity contribution >= 4 is 11.1 Å². The normalized spacial score (nSPS) is 16.0. The first-order valence-corrected chi connectivity index (χ1v) is 13.1. The summed E-state index contributed by atoms with van der Waals surface area (Å²) in [6, 6.07) is 21.6. The van der Waals surface area contributed by atoms with Gasteiger partial charge in [0.25, 0.3) is 0 Å². The second-order valence-electron chi connectivity index (χ2n) is 9.65. The van der Waals surface area contributed by atoms with Gasteiger partial charge in [-0.25, -0.2) is 0 Å². The quantitative estimate of drug-likeness (QED) is 0.335. The number of allylic oxidation sites excluding steroid dienone is 1. The number of aliphatic hydroxyl groups excluding tert-OH is 1. The van der Waals surface area contributed by atoms with Crippen molar-refractivity contribution in [2.45, 2.75) is 32.8 Å². The highest BCUT2D eigenvalue weighted by atomic mass is 16.7. The number of hydrogen-bond acceptors (Lipinski definition) is 6. The highest BCUT2D eigenvalue weighted by molar-refractivity contribution is 6.00. The van der Waals surface area contributed by atoms with E-state index in [-0.39, 0.29) is 19.1 Å². The van der Waals surface area contributed by atoms with Crippen molar-refractivity contribution in [3.05, 3.63) is 83.4 Å². The molecule has 6 nitrogen and oxygen atoms in total. The maximum absolute atomic E-state index is 10.4. The largest absolute Gasteiger partial charge is 0.508 e. The Hall–Kier alpha value is -3.48. The molecule has 0 aromatic heterocycles. The summed E-state index contributed by atoms with van der Waals surface area (Å²) in [5.41, 5.74) is 5.64. The van der Waals surface area contributed by atoms with Gasteiger partial charge in [0.05, 0.1) is 0 Å². The summed E-state index contributed by atoms with van der Waals surface area (Å²) in [7, 11) is 0. The molecule has 3 aromatic rings. The van der Waals surface area contributed by atoms with E-state index in [0.717, 1.165) is 65.4 Å². The van der Waals surface area contributed by atoms with Gasteiger partial charge in [-0.05, 0) is 96.1 Å². The first-order chi connectivity index (χ1) is 18.1. The molecule has 5 rings (SSSR count). The Bertz CT molecular complexity index is 1230. The third-order valence-electron chi connectivity index (χ3n) is 7.04. The topological polar surface area (TPSA) is 71.4 Å². The minimum absolute atomic E-state index is 0.242. The molecule has 0 amide bonds. The Morgan fingerprint density at radius 1 is 0.892 bits per heavy atom. The van der Waals surface area contributed by atoms with Crippen molar-refractivity contribution < 1.29 is 24.4 Å². The van der Waals surface area contributed by atoms with Gasteiger partial charge in [0.15, 0.2) is 11.5 Å². The van der Waals surface area contributed by atoms with Crippen LogP contribution in [0.2, 0.25) is 0 Å². The van der Waals surface area contributed by atoms with Gasteiger partial charge in [0.2, 0.25) is 6.79 Å². The zero-order valence-electron chi connectivity index (χ0n) is 21.5. The van der Waals surface area contributed by atoms with Crippen LogP contribution in [-0.4, -0.2) is 54.3 Å². The minimum atomic E-state index is -0.542. The fraction of sp³-hybridized carbons (Fsp3) is 0.355. The molecule has 1 aliphatic heterocycles. The molecule has 0 spiro atoms. The summed E-state index contributed by atoms with van der Waals surface area (Å²) in [4.78, 5) is 2.18. The SMILES string of the molecule is CCN(CC)CC(O)COc1ccc(/C(=C(/c2ccc3c(c2)OCO3)C2CC2)c2ccc(O)cc2)cc1. The van der Waals surface area contributed by atoms with E-state index in [9.17, 15) is 10.2 Å². The summed E-state index contributed by atoms with van der Waals surface area (Å²) in [5.74, 6) is 2.97. The molecule has 2 N–H and O–H groups in total. The number of aliphatic hydroxyl groups is 1. The highest BCUT2D eigenvalue weighted by Crippen LogP contribution is 2.49. The lowest BCUT2D eigenvalue weighted by molar-refractivity contribution is 0.0716. The summed E-state index contributed by atoms with van der Waals surface area (Å²) in [6.45, 7) is 7.09. The first kappa shape index (κ1) is 25.2. The van der Waals surface area contributed by atoms with Gasteiger partial charge in [0, 0.05) is 6.54 Å². The van der Waals surface area contributed by atoms with Crippen LogP contribution in [0.3, 0.4) is 0 Å². The van der Waals surface area contributed by atoms with Crippen molar-refractivity contribution in [1.29, 1.82) is 0 Å². The predicted molar refractivity (Wildman–Crippen MR) is 145 cm³/mol. The molecule has 2 aliphatic rings. The zero-order chi connectivity index (χ0) is 25.8. The van der Waals surface area contributed by atoms with E-state index in [0.29, 0.717) is 12.5 Å². The molecule has 1 heterocycles. The fourth-order valence-electron chi connectivity index (χ4n) is 4.87. The third kappa shape index (κ3) is 5.92. The van der Waals surface area contributed by atoms with Crippen LogP contribution in [0.25, 0.3) is 11.1 Å². The summed E-state index contributed by atoms with van der Waals surface area (Å²) in [5, 5.41) is 20.3.